The molecule has 0 bridgehead atoms. The van der Waals surface area contributed by atoms with Crippen LogP contribution in [0.3, 0.4) is 0 Å². The molecule has 0 aromatic rings. The van der Waals surface area contributed by atoms with Gasteiger partial charge in [0.15, 0.2) is 0 Å². The van der Waals surface area contributed by atoms with Crippen LogP contribution in [0.1, 0.15) is 90.9 Å². The molecule has 126 valence electrons. The van der Waals surface area contributed by atoms with Crippen LogP contribution in [0.5, 0.6) is 0 Å². The maximum atomic E-state index is 12.1. The lowest BCUT2D eigenvalue weighted by molar-refractivity contribution is -0.148. The molecule has 1 unspecified atom stereocenters. The van der Waals surface area contributed by atoms with E-state index >= 15 is 0 Å². The fourth-order valence-corrected chi connectivity index (χ4v) is 2.70. The third-order valence-corrected chi connectivity index (χ3v) is 4.12. The number of hydrogen-bond donors (Lipinski definition) is 0. The molecule has 0 aliphatic heterocycles. The van der Waals surface area contributed by atoms with Crippen molar-refractivity contribution in [2.75, 3.05) is 12.5 Å². The van der Waals surface area contributed by atoms with Crippen LogP contribution in [-0.4, -0.2) is 18.5 Å². The van der Waals surface area contributed by atoms with Gasteiger partial charge in [-0.3, -0.25) is 4.79 Å². The van der Waals surface area contributed by atoms with Crippen LogP contribution in [-0.2, 0) is 9.53 Å². The molecule has 0 fully saturated rings. The normalized spacial score (nSPS) is 12.3. The van der Waals surface area contributed by atoms with Gasteiger partial charge < -0.3 is 4.74 Å². The molecule has 0 radical (unpaired) electrons. The van der Waals surface area contributed by atoms with Crippen molar-refractivity contribution in [1.82, 2.24) is 0 Å². The van der Waals surface area contributed by atoms with E-state index in [4.69, 9.17) is 16.3 Å². The molecule has 1 atom stereocenters. The quantitative estimate of drug-likeness (QED) is 0.207. The van der Waals surface area contributed by atoms with Crippen molar-refractivity contribution in [3.63, 3.8) is 0 Å². The van der Waals surface area contributed by atoms with Crippen LogP contribution in [0.15, 0.2) is 0 Å². The van der Waals surface area contributed by atoms with Gasteiger partial charge in [-0.1, -0.05) is 78.1 Å². The number of halogens is 1. The highest BCUT2D eigenvalue weighted by atomic mass is 35.5. The summed E-state index contributed by atoms with van der Waals surface area (Å²) in [6, 6.07) is 0. The average molecular weight is 319 g/mol. The molecule has 0 heterocycles. The Labute approximate surface area is 137 Å². The molecule has 0 rings (SSSR count). The number of ether oxygens (including phenoxy) is 1. The van der Waals surface area contributed by atoms with Crippen LogP contribution in [0.25, 0.3) is 0 Å². The summed E-state index contributed by atoms with van der Waals surface area (Å²) in [7, 11) is 0. The highest BCUT2D eigenvalue weighted by Gasteiger charge is 2.19. The number of rotatable bonds is 15. The number of carbonyl (C=O) groups excluding carboxylic acids is 1. The van der Waals surface area contributed by atoms with Gasteiger partial charge in [-0.15, -0.1) is 11.6 Å². The van der Waals surface area contributed by atoms with E-state index in [0.29, 0.717) is 12.5 Å². The van der Waals surface area contributed by atoms with Crippen molar-refractivity contribution < 1.29 is 9.53 Å². The fraction of sp³-hybridized carbons (Fsp3) is 0.944. The Bertz CT molecular complexity index is 231. The first kappa shape index (κ1) is 20.8. The summed E-state index contributed by atoms with van der Waals surface area (Å²) in [5.41, 5.74) is 0. The number of alkyl halides is 1. The largest absolute Gasteiger partial charge is 0.464 e. The zero-order chi connectivity index (χ0) is 15.8. The molecule has 0 aromatic heterocycles. The zero-order valence-electron chi connectivity index (χ0n) is 14.2. The second kappa shape index (κ2) is 16.1. The van der Waals surface area contributed by atoms with Crippen molar-refractivity contribution >= 4 is 17.6 Å². The van der Waals surface area contributed by atoms with Crippen LogP contribution >= 0.6 is 11.6 Å². The minimum Gasteiger partial charge on any atom is -0.464 e. The van der Waals surface area contributed by atoms with E-state index in [1.807, 2.05) is 0 Å². The summed E-state index contributed by atoms with van der Waals surface area (Å²) in [6.45, 7) is 4.80. The van der Waals surface area contributed by atoms with E-state index in [2.05, 4.69) is 13.8 Å². The number of carbonyl (C=O) groups is 1. The highest BCUT2D eigenvalue weighted by Crippen LogP contribution is 2.20. The van der Waals surface area contributed by atoms with Gasteiger partial charge >= 0.3 is 5.97 Å². The minimum atomic E-state index is -0.0271. The number of unbranched alkanes of at least 4 members (excludes halogenated alkanes) is 8. The summed E-state index contributed by atoms with van der Waals surface area (Å²) in [6.07, 6.45) is 14.5. The first-order valence-electron chi connectivity index (χ1n) is 8.98. The molecule has 0 aliphatic carbocycles. The Morgan fingerprint density at radius 2 is 1.33 bits per heavy atom. The molecule has 0 saturated heterocycles. The van der Waals surface area contributed by atoms with Gasteiger partial charge in [-0.05, 0) is 12.8 Å². The van der Waals surface area contributed by atoms with E-state index in [1.54, 1.807) is 0 Å². The van der Waals surface area contributed by atoms with Crippen LogP contribution < -0.4 is 0 Å². The van der Waals surface area contributed by atoms with E-state index < -0.39 is 0 Å². The summed E-state index contributed by atoms with van der Waals surface area (Å²) in [5.74, 6) is 0.461. The van der Waals surface area contributed by atoms with Crippen molar-refractivity contribution in [3.8, 4) is 0 Å². The van der Waals surface area contributed by atoms with Crippen LogP contribution in [0.4, 0.5) is 0 Å². The highest BCUT2D eigenvalue weighted by molar-refractivity contribution is 6.18. The van der Waals surface area contributed by atoms with E-state index in [1.165, 1.54) is 51.4 Å². The van der Waals surface area contributed by atoms with Gasteiger partial charge in [0.05, 0.1) is 11.8 Å². The van der Waals surface area contributed by atoms with Gasteiger partial charge in [0, 0.05) is 0 Å². The maximum absolute atomic E-state index is 12.1. The Morgan fingerprint density at radius 1 is 0.857 bits per heavy atom. The zero-order valence-corrected chi connectivity index (χ0v) is 14.9. The molecule has 0 amide bonds. The van der Waals surface area contributed by atoms with E-state index in [-0.39, 0.29) is 11.9 Å². The Hall–Kier alpha value is -0.240. The fourth-order valence-electron chi connectivity index (χ4n) is 2.63. The molecular formula is C18H35ClO2. The molecule has 2 nitrogen and oxygen atoms in total. The first-order valence-corrected chi connectivity index (χ1v) is 9.52. The summed E-state index contributed by atoms with van der Waals surface area (Å²) < 4.78 is 5.24. The van der Waals surface area contributed by atoms with E-state index in [9.17, 15) is 4.79 Å². The molecule has 0 N–H and O–H groups in total. The lowest BCUT2D eigenvalue weighted by Gasteiger charge is -2.15. The monoisotopic (exact) mass is 318 g/mol. The molecule has 0 spiro atoms. The molecule has 0 saturated carbocycles. The lowest BCUT2D eigenvalue weighted by atomic mass is 9.94. The number of esters is 1. The standard InChI is InChI=1S/C18H35ClO2/c1-3-5-7-9-10-12-14-17(13-11-8-6-4-2)18(20)21-16-15-19/h17H,3-16H2,1-2H3. The summed E-state index contributed by atoms with van der Waals surface area (Å²) in [5, 5.41) is 0. The first-order chi connectivity index (χ1) is 10.3. The molecule has 3 heteroatoms. The third-order valence-electron chi connectivity index (χ3n) is 3.97. The van der Waals surface area contributed by atoms with Crippen LogP contribution in [0, 0.1) is 5.92 Å². The summed E-state index contributed by atoms with van der Waals surface area (Å²) >= 11 is 5.59. The molecule has 0 aliphatic rings. The van der Waals surface area contributed by atoms with Gasteiger partial charge in [0.2, 0.25) is 0 Å². The van der Waals surface area contributed by atoms with Crippen molar-refractivity contribution in [3.05, 3.63) is 0 Å². The average Bonchev–Trinajstić information content (AvgIpc) is 2.50. The Balaban J connectivity index is 3.91. The topological polar surface area (TPSA) is 26.3 Å². The molecule has 0 aromatic carbocycles. The second-order valence-corrected chi connectivity index (χ2v) is 6.34. The Kier molecular flexibility index (Phi) is 16.0. The van der Waals surface area contributed by atoms with Gasteiger partial charge in [0.25, 0.3) is 0 Å². The smallest absolute Gasteiger partial charge is 0.308 e. The number of hydrogen-bond acceptors (Lipinski definition) is 2. The van der Waals surface area contributed by atoms with E-state index in [0.717, 1.165) is 25.7 Å². The third kappa shape index (κ3) is 13.2. The van der Waals surface area contributed by atoms with Crippen LogP contribution in [0.2, 0.25) is 0 Å². The second-order valence-electron chi connectivity index (χ2n) is 5.96. The molecule has 21 heavy (non-hydrogen) atoms. The maximum Gasteiger partial charge on any atom is 0.308 e. The summed E-state index contributed by atoms with van der Waals surface area (Å²) in [4.78, 5) is 12.1. The minimum absolute atomic E-state index is 0.0271. The van der Waals surface area contributed by atoms with Crippen molar-refractivity contribution in [2.24, 2.45) is 5.92 Å². The SMILES string of the molecule is CCCCCCCCC(CCCCCC)C(=O)OCCCl. The van der Waals surface area contributed by atoms with Gasteiger partial charge in [0.1, 0.15) is 6.61 Å². The van der Waals surface area contributed by atoms with Gasteiger partial charge in [-0.25, -0.2) is 0 Å². The lowest BCUT2D eigenvalue weighted by Crippen LogP contribution is -2.19. The predicted molar refractivity (Wildman–Crippen MR) is 91.9 cm³/mol. The van der Waals surface area contributed by atoms with Crippen molar-refractivity contribution in [1.29, 1.82) is 0 Å². The Morgan fingerprint density at radius 3 is 1.86 bits per heavy atom. The predicted octanol–water partition coefficient (Wildman–Crippen LogP) is 6.11. The molecular weight excluding hydrogens is 284 g/mol. The van der Waals surface area contributed by atoms with Gasteiger partial charge in [-0.2, -0.15) is 0 Å². The van der Waals surface area contributed by atoms with Crippen molar-refractivity contribution in [2.45, 2.75) is 90.9 Å².